The van der Waals surface area contributed by atoms with Gasteiger partial charge in [-0.1, -0.05) is 36.7 Å². The minimum Gasteiger partial charge on any atom is -0.550 e. The van der Waals surface area contributed by atoms with Gasteiger partial charge in [0.2, 0.25) is 0 Å². The third kappa shape index (κ3) is 5.80. The number of carbonyl (C=O) groups excluding carboxylic acids is 2. The first kappa shape index (κ1) is 18.8. The van der Waals surface area contributed by atoms with Gasteiger partial charge in [0, 0.05) is 23.0 Å². The van der Waals surface area contributed by atoms with Crippen LogP contribution in [0.25, 0.3) is 0 Å². The van der Waals surface area contributed by atoms with E-state index in [1.807, 2.05) is 6.92 Å². The molecule has 132 valence electrons. The van der Waals surface area contributed by atoms with Crippen LogP contribution < -0.4 is 15.2 Å². The van der Waals surface area contributed by atoms with Crippen LogP contribution in [0.1, 0.15) is 41.7 Å². The number of carboxylic acids is 1. The van der Waals surface area contributed by atoms with Crippen LogP contribution in [-0.4, -0.2) is 18.5 Å². The quantitative estimate of drug-likeness (QED) is 0.785. The maximum Gasteiger partial charge on any atom is 0.251 e. The van der Waals surface area contributed by atoms with Crippen molar-refractivity contribution in [2.24, 2.45) is 0 Å². The second-order valence-corrected chi connectivity index (χ2v) is 5.97. The fourth-order valence-electron chi connectivity index (χ4n) is 2.31. The molecule has 0 spiro atoms. The average molecular weight is 361 g/mol. The lowest BCUT2D eigenvalue weighted by atomic mass is 10.0. The van der Waals surface area contributed by atoms with Crippen molar-refractivity contribution in [3.8, 4) is 5.75 Å². The van der Waals surface area contributed by atoms with Gasteiger partial charge in [0.1, 0.15) is 5.75 Å². The van der Waals surface area contributed by atoms with E-state index in [0.29, 0.717) is 28.5 Å². The third-order valence-corrected chi connectivity index (χ3v) is 3.75. The Hall–Kier alpha value is -2.53. The molecular weight excluding hydrogens is 342 g/mol. The van der Waals surface area contributed by atoms with Crippen molar-refractivity contribution < 1.29 is 19.4 Å². The van der Waals surface area contributed by atoms with Crippen molar-refractivity contribution in [1.29, 1.82) is 0 Å². The number of amides is 1. The highest BCUT2D eigenvalue weighted by Crippen LogP contribution is 2.21. The summed E-state index contributed by atoms with van der Waals surface area (Å²) in [6.07, 6.45) is 0.562. The summed E-state index contributed by atoms with van der Waals surface area (Å²) < 4.78 is 5.50. The molecule has 2 aromatic carbocycles. The van der Waals surface area contributed by atoms with Crippen LogP contribution >= 0.6 is 11.6 Å². The number of halogens is 1. The molecule has 1 N–H and O–H groups in total. The van der Waals surface area contributed by atoms with Gasteiger partial charge in [0.15, 0.2) is 0 Å². The Morgan fingerprint density at radius 2 is 1.92 bits per heavy atom. The number of rotatable bonds is 8. The second kappa shape index (κ2) is 9.08. The van der Waals surface area contributed by atoms with Crippen LogP contribution in [0.5, 0.6) is 5.75 Å². The van der Waals surface area contributed by atoms with E-state index < -0.39 is 17.9 Å². The largest absolute Gasteiger partial charge is 0.550 e. The normalized spacial score (nSPS) is 11.6. The van der Waals surface area contributed by atoms with Crippen molar-refractivity contribution in [2.45, 2.75) is 25.8 Å². The van der Waals surface area contributed by atoms with E-state index in [1.165, 1.54) is 6.07 Å². The molecule has 25 heavy (non-hydrogen) atoms. The number of hydrogen-bond acceptors (Lipinski definition) is 4. The van der Waals surface area contributed by atoms with Crippen LogP contribution in [0.15, 0.2) is 48.5 Å². The summed E-state index contributed by atoms with van der Waals surface area (Å²) in [6.45, 7) is 2.61. The van der Waals surface area contributed by atoms with Gasteiger partial charge >= 0.3 is 0 Å². The average Bonchev–Trinajstić information content (AvgIpc) is 2.59. The summed E-state index contributed by atoms with van der Waals surface area (Å²) >= 11 is 5.89. The number of ether oxygens (including phenoxy) is 1. The van der Waals surface area contributed by atoms with Crippen LogP contribution in [0, 0.1) is 0 Å². The van der Waals surface area contributed by atoms with Gasteiger partial charge in [0.25, 0.3) is 5.91 Å². The summed E-state index contributed by atoms with van der Waals surface area (Å²) in [6, 6.07) is 12.7. The monoisotopic (exact) mass is 360 g/mol. The van der Waals surface area contributed by atoms with Crippen LogP contribution in [0.4, 0.5) is 0 Å². The highest BCUT2D eigenvalue weighted by Gasteiger charge is 2.16. The van der Waals surface area contributed by atoms with Crippen molar-refractivity contribution in [2.75, 3.05) is 6.61 Å². The summed E-state index contributed by atoms with van der Waals surface area (Å²) in [5, 5.41) is 14.2. The Kier molecular flexibility index (Phi) is 6.83. The number of benzene rings is 2. The molecule has 6 heteroatoms. The Bertz CT molecular complexity index is 730. The molecule has 1 amide bonds. The van der Waals surface area contributed by atoms with E-state index >= 15 is 0 Å². The fourth-order valence-corrected chi connectivity index (χ4v) is 2.50. The lowest BCUT2D eigenvalue weighted by Gasteiger charge is -2.20. The maximum atomic E-state index is 12.4. The zero-order valence-corrected chi connectivity index (χ0v) is 14.6. The molecular formula is C19H19ClNO4-. The molecule has 5 nitrogen and oxygen atoms in total. The van der Waals surface area contributed by atoms with Gasteiger partial charge < -0.3 is 20.0 Å². The highest BCUT2D eigenvalue weighted by atomic mass is 35.5. The first-order chi connectivity index (χ1) is 12.0. The molecule has 0 aliphatic heterocycles. The lowest BCUT2D eigenvalue weighted by Crippen LogP contribution is -2.34. The minimum absolute atomic E-state index is 0.332. The lowest BCUT2D eigenvalue weighted by molar-refractivity contribution is -0.306. The molecule has 0 aromatic heterocycles. The van der Waals surface area contributed by atoms with Gasteiger partial charge in [0.05, 0.1) is 12.6 Å². The summed E-state index contributed by atoms with van der Waals surface area (Å²) in [7, 11) is 0. The zero-order chi connectivity index (χ0) is 18.2. The van der Waals surface area contributed by atoms with E-state index in [1.54, 1.807) is 42.5 Å². The molecule has 0 aliphatic carbocycles. The summed E-state index contributed by atoms with van der Waals surface area (Å²) in [5.41, 5.74) is 1.02. The molecule has 2 aromatic rings. The van der Waals surface area contributed by atoms with E-state index in [2.05, 4.69) is 5.32 Å². The molecule has 0 radical (unpaired) electrons. The molecule has 1 atom stereocenters. The summed E-state index contributed by atoms with van der Waals surface area (Å²) in [5.74, 6) is -0.957. The summed E-state index contributed by atoms with van der Waals surface area (Å²) in [4.78, 5) is 23.4. The number of carboxylic acid groups (broad SMARTS) is 1. The predicted molar refractivity (Wildman–Crippen MR) is 93.5 cm³/mol. The zero-order valence-electron chi connectivity index (χ0n) is 13.8. The Balaban J connectivity index is 2.15. The van der Waals surface area contributed by atoms with E-state index in [4.69, 9.17) is 16.3 Å². The number of hydrogen-bond donors (Lipinski definition) is 1. The molecule has 0 saturated heterocycles. The molecule has 2 rings (SSSR count). The van der Waals surface area contributed by atoms with Gasteiger partial charge in [-0.15, -0.1) is 0 Å². The number of aliphatic carboxylic acids is 1. The Morgan fingerprint density at radius 1 is 1.20 bits per heavy atom. The van der Waals surface area contributed by atoms with Crippen molar-refractivity contribution >= 4 is 23.5 Å². The minimum atomic E-state index is -1.25. The van der Waals surface area contributed by atoms with Crippen LogP contribution in [0.3, 0.4) is 0 Å². The topological polar surface area (TPSA) is 78.5 Å². The Morgan fingerprint density at radius 3 is 2.52 bits per heavy atom. The standard InChI is InChI=1S/C19H20ClNO4/c1-2-10-25-16-8-6-13(7-9-16)17(12-18(22)23)21-19(24)14-4-3-5-15(20)11-14/h3-9,11,17H,2,10,12H2,1H3,(H,21,24)(H,22,23)/p-1. The van der Waals surface area contributed by atoms with Gasteiger partial charge in [-0.3, -0.25) is 4.79 Å². The van der Waals surface area contributed by atoms with Crippen molar-refractivity contribution in [1.82, 2.24) is 5.32 Å². The van der Waals surface area contributed by atoms with Crippen LogP contribution in [0.2, 0.25) is 5.02 Å². The first-order valence-electron chi connectivity index (χ1n) is 7.98. The second-order valence-electron chi connectivity index (χ2n) is 5.53. The van der Waals surface area contributed by atoms with E-state index in [0.717, 1.165) is 6.42 Å². The SMILES string of the molecule is CCCOc1ccc(C(CC(=O)[O-])NC(=O)c2cccc(Cl)c2)cc1. The molecule has 1 unspecified atom stereocenters. The van der Waals surface area contributed by atoms with Gasteiger partial charge in [-0.05, 0) is 42.3 Å². The number of nitrogens with one attached hydrogen (secondary N) is 1. The predicted octanol–water partition coefficient (Wildman–Crippen LogP) is 2.74. The van der Waals surface area contributed by atoms with Gasteiger partial charge in [-0.25, -0.2) is 0 Å². The first-order valence-corrected chi connectivity index (χ1v) is 8.36. The van der Waals surface area contributed by atoms with E-state index in [-0.39, 0.29) is 6.42 Å². The number of carbonyl (C=O) groups is 2. The molecule has 0 heterocycles. The molecule has 0 saturated carbocycles. The Labute approximate surface area is 151 Å². The maximum absolute atomic E-state index is 12.4. The third-order valence-electron chi connectivity index (χ3n) is 3.52. The van der Waals surface area contributed by atoms with E-state index in [9.17, 15) is 14.7 Å². The molecule has 0 fully saturated rings. The molecule has 0 bridgehead atoms. The van der Waals surface area contributed by atoms with Crippen molar-refractivity contribution in [3.63, 3.8) is 0 Å². The van der Waals surface area contributed by atoms with Crippen molar-refractivity contribution in [3.05, 3.63) is 64.7 Å². The van der Waals surface area contributed by atoms with Gasteiger partial charge in [-0.2, -0.15) is 0 Å². The van der Waals surface area contributed by atoms with Crippen LogP contribution in [-0.2, 0) is 4.79 Å². The molecule has 0 aliphatic rings. The highest BCUT2D eigenvalue weighted by molar-refractivity contribution is 6.30. The smallest absolute Gasteiger partial charge is 0.251 e. The fraction of sp³-hybridized carbons (Fsp3) is 0.263.